The third-order valence-corrected chi connectivity index (χ3v) is 9.72. The Morgan fingerprint density at radius 2 is 1.75 bits per heavy atom. The molecule has 3 amide bonds. The number of aromatic amines is 1. The van der Waals surface area contributed by atoms with E-state index in [1.54, 1.807) is 0 Å². The number of thioether (sulfide) groups is 1. The fraction of sp³-hybridized carbons (Fsp3) is 0.172. The van der Waals surface area contributed by atoms with Gasteiger partial charge in [-0.1, -0.05) is 46.8 Å². The number of nitrogens with one attached hydrogen (secondary N) is 2. The van der Waals surface area contributed by atoms with E-state index >= 15 is 0 Å². The Labute approximate surface area is 259 Å². The number of alkyl halides is 3. The number of imide groups is 1. The summed E-state index contributed by atoms with van der Waals surface area (Å²) in [6.45, 7) is -0.707. The van der Waals surface area contributed by atoms with Gasteiger partial charge in [0.25, 0.3) is 5.91 Å². The summed E-state index contributed by atoms with van der Waals surface area (Å²) in [5.74, 6) is -4.49. The lowest BCUT2D eigenvalue weighted by Gasteiger charge is -2.31. The zero-order valence-corrected chi connectivity index (χ0v) is 24.4. The van der Waals surface area contributed by atoms with Gasteiger partial charge in [-0.15, -0.1) is 0 Å². The van der Waals surface area contributed by atoms with E-state index in [1.165, 1.54) is 42.5 Å². The van der Waals surface area contributed by atoms with Crippen LogP contribution in [0.4, 0.5) is 28.9 Å². The summed E-state index contributed by atoms with van der Waals surface area (Å²) < 4.78 is 59.6. The van der Waals surface area contributed by atoms with Crippen LogP contribution < -0.4 is 19.8 Å². The van der Waals surface area contributed by atoms with Crippen molar-refractivity contribution < 1.29 is 36.7 Å². The Balaban J connectivity index is 1.34. The number of thiazole rings is 1. The van der Waals surface area contributed by atoms with Crippen LogP contribution in [0.15, 0.2) is 76.6 Å². The van der Waals surface area contributed by atoms with Crippen LogP contribution in [0.1, 0.15) is 21.9 Å². The Kier molecular flexibility index (Phi) is 7.76. The summed E-state index contributed by atoms with van der Waals surface area (Å²) in [7, 11) is 0. The molecule has 1 fully saturated rings. The highest BCUT2D eigenvalue weighted by Crippen LogP contribution is 2.54. The number of hydrogen-bond donors (Lipinski definition) is 2. The quantitative estimate of drug-likeness (QED) is 0.192. The molecule has 3 heterocycles. The van der Waals surface area contributed by atoms with Crippen molar-refractivity contribution in [2.45, 2.75) is 22.4 Å². The molecule has 2 aliphatic rings. The van der Waals surface area contributed by atoms with Gasteiger partial charge in [0.2, 0.25) is 11.8 Å². The van der Waals surface area contributed by atoms with Gasteiger partial charge < -0.3 is 15.0 Å². The maximum Gasteiger partial charge on any atom is 0.418 e. The van der Waals surface area contributed by atoms with Gasteiger partial charge in [-0.25, -0.2) is 9.29 Å². The number of para-hydroxylation sites is 1. The molecule has 2 aliphatic heterocycles. The van der Waals surface area contributed by atoms with Gasteiger partial charge >= 0.3 is 11.0 Å². The molecule has 2 N–H and O–H groups in total. The highest BCUT2D eigenvalue weighted by Gasteiger charge is 2.57. The van der Waals surface area contributed by atoms with Crippen molar-refractivity contribution in [2.75, 3.05) is 16.8 Å². The molecule has 0 aliphatic carbocycles. The first-order valence-corrected chi connectivity index (χ1v) is 14.9. The summed E-state index contributed by atoms with van der Waals surface area (Å²) >= 11 is 8.21. The molecule has 0 saturated carbocycles. The van der Waals surface area contributed by atoms with E-state index in [-0.39, 0.29) is 22.0 Å². The van der Waals surface area contributed by atoms with Crippen molar-refractivity contribution in [3.8, 4) is 5.75 Å². The Bertz CT molecular complexity index is 1860. The van der Waals surface area contributed by atoms with Crippen LogP contribution in [0, 0.1) is 11.7 Å². The van der Waals surface area contributed by atoms with Gasteiger partial charge in [-0.2, -0.15) is 13.2 Å². The molecule has 226 valence electrons. The molecule has 0 radical (unpaired) electrons. The molecular weight excluding hydrogens is 646 g/mol. The van der Waals surface area contributed by atoms with Crippen LogP contribution in [-0.4, -0.2) is 34.6 Å². The van der Waals surface area contributed by atoms with Crippen LogP contribution in [0.5, 0.6) is 5.75 Å². The van der Waals surface area contributed by atoms with E-state index in [1.807, 2.05) is 0 Å². The van der Waals surface area contributed by atoms with E-state index in [2.05, 4.69) is 10.3 Å². The first-order valence-electron chi connectivity index (χ1n) is 12.8. The minimum absolute atomic E-state index is 0.0663. The number of anilines is 2. The number of rotatable bonds is 6. The number of H-pyrrole nitrogens is 1. The van der Waals surface area contributed by atoms with Gasteiger partial charge in [0.1, 0.15) is 16.8 Å². The van der Waals surface area contributed by atoms with E-state index in [0.717, 1.165) is 52.3 Å². The van der Waals surface area contributed by atoms with E-state index in [9.17, 15) is 36.7 Å². The first kappa shape index (κ1) is 29.9. The highest BCUT2D eigenvalue weighted by molar-refractivity contribution is 8.00. The summed E-state index contributed by atoms with van der Waals surface area (Å²) in [6.07, 6.45) is -4.70. The lowest BCUT2D eigenvalue weighted by Crippen LogP contribution is -2.32. The zero-order valence-electron chi connectivity index (χ0n) is 22.0. The summed E-state index contributed by atoms with van der Waals surface area (Å²) in [4.78, 5) is 56.3. The largest absolute Gasteiger partial charge is 0.483 e. The molecule has 44 heavy (non-hydrogen) atoms. The lowest BCUT2D eigenvalue weighted by molar-refractivity contribution is -0.137. The number of carbonyl (C=O) groups excluding carboxylic acids is 3. The molecular formula is C29H18ClF4N3O5S2. The number of benzene rings is 3. The second-order valence-electron chi connectivity index (χ2n) is 9.80. The third-order valence-electron chi connectivity index (χ3n) is 7.08. The van der Waals surface area contributed by atoms with E-state index in [0.29, 0.717) is 9.90 Å². The van der Waals surface area contributed by atoms with E-state index < -0.39 is 69.5 Å². The molecule has 1 saturated heterocycles. The predicted octanol–water partition coefficient (Wildman–Crippen LogP) is 6.06. The number of amides is 3. The molecule has 4 aromatic rings. The van der Waals surface area contributed by atoms with Crippen LogP contribution >= 0.6 is 34.7 Å². The van der Waals surface area contributed by atoms with Gasteiger partial charge in [-0.3, -0.25) is 19.2 Å². The molecule has 3 aromatic carbocycles. The van der Waals surface area contributed by atoms with Crippen molar-refractivity contribution in [1.82, 2.24) is 4.98 Å². The molecule has 6 rings (SSSR count). The second-order valence-corrected chi connectivity index (χ2v) is 12.4. The van der Waals surface area contributed by atoms with E-state index in [4.69, 9.17) is 16.3 Å². The average Bonchev–Trinajstić information content (AvgIpc) is 3.46. The molecule has 15 heteroatoms. The van der Waals surface area contributed by atoms with Crippen molar-refractivity contribution >= 4 is 63.8 Å². The van der Waals surface area contributed by atoms with Gasteiger partial charge in [0, 0.05) is 21.4 Å². The smallest absolute Gasteiger partial charge is 0.418 e. The standard InChI is InChI=1S/C29H18ClF4N3O5S2/c30-13-5-10-19(42-12-20(38)35-18-4-2-1-3-17(18)29(32,33)34)16(11-13)21-22-24(43-25-23(21)44-28(41)36-25)27(40)37(26(22)39)15-8-6-14(31)7-9-15/h1-11,21-22,24H,12H2,(H,35,38)(H,36,41)/t21-,22-,24+/m0/s1. The molecule has 3 atom stereocenters. The first-order chi connectivity index (χ1) is 20.9. The fourth-order valence-electron chi connectivity index (χ4n) is 5.26. The number of aromatic nitrogens is 1. The zero-order chi connectivity index (χ0) is 31.3. The maximum atomic E-state index is 13.9. The number of halogens is 5. The fourth-order valence-corrected chi connectivity index (χ4v) is 7.95. The normalized spacial score (nSPS) is 19.5. The number of hydrogen-bond acceptors (Lipinski definition) is 7. The van der Waals surface area contributed by atoms with Crippen molar-refractivity contribution in [3.05, 3.63) is 103 Å². The Morgan fingerprint density at radius 1 is 1.02 bits per heavy atom. The molecule has 1 aromatic heterocycles. The SMILES string of the molecule is O=C(COc1ccc(Cl)cc1[C@@H]1c2sc(=O)[nH]c2S[C@H]2C(=O)N(c3ccc(F)cc3)C(=O)[C@@H]12)Nc1ccccc1C(F)(F)F. The van der Waals surface area contributed by atoms with Crippen LogP contribution in [0.3, 0.4) is 0 Å². The Morgan fingerprint density at radius 3 is 2.48 bits per heavy atom. The topological polar surface area (TPSA) is 109 Å². The third kappa shape index (κ3) is 5.48. The van der Waals surface area contributed by atoms with Crippen LogP contribution in [0.25, 0.3) is 0 Å². The minimum atomic E-state index is -4.70. The second kappa shape index (κ2) is 11.4. The van der Waals surface area contributed by atoms with Gasteiger partial charge in [0.15, 0.2) is 6.61 Å². The Hall–Kier alpha value is -4.14. The van der Waals surface area contributed by atoms with Crippen LogP contribution in [0.2, 0.25) is 5.02 Å². The number of nitrogens with zero attached hydrogens (tertiary/aromatic N) is 1. The molecule has 0 unspecified atom stereocenters. The monoisotopic (exact) mass is 663 g/mol. The maximum absolute atomic E-state index is 13.9. The van der Waals surface area contributed by atoms with Crippen molar-refractivity contribution in [1.29, 1.82) is 0 Å². The van der Waals surface area contributed by atoms with Crippen molar-refractivity contribution in [3.63, 3.8) is 0 Å². The molecule has 0 bridgehead atoms. The highest BCUT2D eigenvalue weighted by atomic mass is 35.5. The van der Waals surface area contributed by atoms with Crippen molar-refractivity contribution in [2.24, 2.45) is 5.92 Å². The van der Waals surface area contributed by atoms with Gasteiger partial charge in [0.05, 0.1) is 27.9 Å². The number of fused-ring (bicyclic) bond motifs is 2. The summed E-state index contributed by atoms with van der Waals surface area (Å²) in [6, 6.07) is 13.7. The summed E-state index contributed by atoms with van der Waals surface area (Å²) in [5, 5.41) is 1.84. The summed E-state index contributed by atoms with van der Waals surface area (Å²) in [5.41, 5.74) is -1.02. The number of ether oxygens (including phenoxy) is 1. The van der Waals surface area contributed by atoms with Gasteiger partial charge in [-0.05, 0) is 54.6 Å². The number of carbonyl (C=O) groups is 3. The van der Waals surface area contributed by atoms with Crippen LogP contribution in [-0.2, 0) is 20.6 Å². The average molecular weight is 664 g/mol. The molecule has 8 nitrogen and oxygen atoms in total. The lowest BCUT2D eigenvalue weighted by atomic mass is 9.82. The minimum Gasteiger partial charge on any atom is -0.483 e. The predicted molar refractivity (Wildman–Crippen MR) is 156 cm³/mol. The molecule has 0 spiro atoms.